The van der Waals surface area contributed by atoms with Crippen molar-refractivity contribution in [1.82, 2.24) is 4.90 Å². The summed E-state index contributed by atoms with van der Waals surface area (Å²) in [6.07, 6.45) is 2.68. The fraction of sp³-hybridized carbons (Fsp3) is 1.00. The average molecular weight is 242 g/mol. The Kier molecular flexibility index (Phi) is 4.42. The minimum atomic E-state index is 0.170. The summed E-state index contributed by atoms with van der Waals surface area (Å²) in [6.45, 7) is 9.74. The number of ether oxygens (including phenoxy) is 2. The lowest BCUT2D eigenvalue weighted by Crippen LogP contribution is -2.55. The Morgan fingerprint density at radius 1 is 1.41 bits per heavy atom. The summed E-state index contributed by atoms with van der Waals surface area (Å²) in [5.74, 6) is 0. The van der Waals surface area contributed by atoms with E-state index in [1.165, 1.54) is 6.42 Å². The Morgan fingerprint density at radius 2 is 2.24 bits per heavy atom. The van der Waals surface area contributed by atoms with Crippen molar-refractivity contribution in [1.29, 1.82) is 0 Å². The topological polar surface area (TPSA) is 47.7 Å². The van der Waals surface area contributed by atoms with Crippen LogP contribution in [0, 0.1) is 5.41 Å². The highest BCUT2D eigenvalue weighted by Crippen LogP contribution is 2.30. The molecule has 0 aromatic heterocycles. The number of nitrogens with zero attached hydrogens (tertiary/aromatic N) is 1. The van der Waals surface area contributed by atoms with E-state index in [2.05, 4.69) is 18.7 Å². The van der Waals surface area contributed by atoms with Gasteiger partial charge in [-0.1, -0.05) is 0 Å². The van der Waals surface area contributed by atoms with Crippen molar-refractivity contribution in [2.24, 2.45) is 11.1 Å². The molecule has 0 aromatic rings. The van der Waals surface area contributed by atoms with Gasteiger partial charge in [-0.2, -0.15) is 0 Å². The molecular weight excluding hydrogens is 216 g/mol. The number of morpholine rings is 1. The fourth-order valence-corrected chi connectivity index (χ4v) is 2.88. The van der Waals surface area contributed by atoms with E-state index in [0.29, 0.717) is 12.1 Å². The highest BCUT2D eigenvalue weighted by molar-refractivity contribution is 4.89. The molecule has 0 radical (unpaired) electrons. The first-order valence-corrected chi connectivity index (χ1v) is 6.79. The van der Waals surface area contributed by atoms with Gasteiger partial charge in [-0.25, -0.2) is 0 Å². The maximum Gasteiger partial charge on any atom is 0.0674 e. The average Bonchev–Trinajstić information content (AvgIpc) is 2.35. The summed E-state index contributed by atoms with van der Waals surface area (Å²) in [6, 6.07) is 0.497. The molecule has 0 bridgehead atoms. The number of hydrogen-bond acceptors (Lipinski definition) is 4. The SMILES string of the molecule is CC1CN(CC2(CN)CCCOC2)C(C)CO1. The molecule has 2 heterocycles. The van der Waals surface area contributed by atoms with Crippen LogP contribution in [0.3, 0.4) is 0 Å². The van der Waals surface area contributed by atoms with Crippen LogP contribution in [0.4, 0.5) is 0 Å². The largest absolute Gasteiger partial charge is 0.381 e. The fourth-order valence-electron chi connectivity index (χ4n) is 2.88. The van der Waals surface area contributed by atoms with Crippen LogP contribution in [-0.4, -0.2) is 56.5 Å². The molecule has 4 nitrogen and oxygen atoms in total. The van der Waals surface area contributed by atoms with Crippen molar-refractivity contribution in [3.05, 3.63) is 0 Å². The van der Waals surface area contributed by atoms with E-state index < -0.39 is 0 Å². The third-order valence-corrected chi connectivity index (χ3v) is 4.11. The third-order valence-electron chi connectivity index (χ3n) is 4.11. The van der Waals surface area contributed by atoms with Crippen molar-refractivity contribution in [3.63, 3.8) is 0 Å². The molecule has 3 atom stereocenters. The minimum absolute atomic E-state index is 0.170. The molecular formula is C13H26N2O2. The normalized spacial score (nSPS) is 40.4. The monoisotopic (exact) mass is 242 g/mol. The maximum absolute atomic E-state index is 6.00. The summed E-state index contributed by atoms with van der Waals surface area (Å²) >= 11 is 0. The molecule has 2 fully saturated rings. The van der Waals surface area contributed by atoms with E-state index in [1.807, 2.05) is 0 Å². The zero-order chi connectivity index (χ0) is 12.3. The predicted octanol–water partition coefficient (Wildman–Crippen LogP) is 0.851. The van der Waals surface area contributed by atoms with E-state index in [0.717, 1.165) is 45.9 Å². The molecule has 0 aromatic carbocycles. The van der Waals surface area contributed by atoms with Gasteiger partial charge in [0.05, 0.1) is 19.3 Å². The minimum Gasteiger partial charge on any atom is -0.381 e. The van der Waals surface area contributed by atoms with Gasteiger partial charge in [0.15, 0.2) is 0 Å². The second-order valence-corrected chi connectivity index (χ2v) is 5.78. The zero-order valence-electron chi connectivity index (χ0n) is 11.2. The summed E-state index contributed by atoms with van der Waals surface area (Å²) in [7, 11) is 0. The number of nitrogens with two attached hydrogens (primary N) is 1. The van der Waals surface area contributed by atoms with E-state index in [1.54, 1.807) is 0 Å². The van der Waals surface area contributed by atoms with Crippen LogP contribution in [0.15, 0.2) is 0 Å². The molecule has 2 rings (SSSR count). The quantitative estimate of drug-likeness (QED) is 0.797. The Morgan fingerprint density at radius 3 is 2.88 bits per heavy atom. The van der Waals surface area contributed by atoms with E-state index in [-0.39, 0.29) is 5.41 Å². The summed E-state index contributed by atoms with van der Waals surface area (Å²) in [5, 5.41) is 0. The Labute approximate surface area is 104 Å². The smallest absolute Gasteiger partial charge is 0.0674 e. The van der Waals surface area contributed by atoms with Crippen molar-refractivity contribution in [2.75, 3.05) is 39.5 Å². The van der Waals surface area contributed by atoms with Gasteiger partial charge < -0.3 is 15.2 Å². The van der Waals surface area contributed by atoms with Gasteiger partial charge in [-0.3, -0.25) is 4.90 Å². The van der Waals surface area contributed by atoms with Gasteiger partial charge in [0.2, 0.25) is 0 Å². The first kappa shape index (κ1) is 13.3. The summed E-state index contributed by atoms with van der Waals surface area (Å²) in [5.41, 5.74) is 6.17. The summed E-state index contributed by atoms with van der Waals surface area (Å²) in [4.78, 5) is 2.52. The third kappa shape index (κ3) is 3.19. The lowest BCUT2D eigenvalue weighted by molar-refractivity contribution is -0.0837. The Balaban J connectivity index is 1.96. The summed E-state index contributed by atoms with van der Waals surface area (Å²) < 4.78 is 11.3. The molecule has 0 aliphatic carbocycles. The zero-order valence-corrected chi connectivity index (χ0v) is 11.2. The molecule has 2 saturated heterocycles. The number of hydrogen-bond donors (Lipinski definition) is 1. The highest BCUT2D eigenvalue weighted by Gasteiger charge is 2.36. The maximum atomic E-state index is 6.00. The van der Waals surface area contributed by atoms with Gasteiger partial charge in [-0.05, 0) is 26.7 Å². The van der Waals surface area contributed by atoms with E-state index in [9.17, 15) is 0 Å². The van der Waals surface area contributed by atoms with Crippen LogP contribution in [0.2, 0.25) is 0 Å². The molecule has 0 saturated carbocycles. The van der Waals surface area contributed by atoms with E-state index >= 15 is 0 Å². The van der Waals surface area contributed by atoms with Gasteiger partial charge in [0.25, 0.3) is 0 Å². The molecule has 0 amide bonds. The molecule has 2 aliphatic heterocycles. The van der Waals surface area contributed by atoms with Crippen LogP contribution < -0.4 is 5.73 Å². The molecule has 3 unspecified atom stereocenters. The van der Waals surface area contributed by atoms with Gasteiger partial charge in [0, 0.05) is 37.7 Å². The van der Waals surface area contributed by atoms with Crippen LogP contribution in [0.1, 0.15) is 26.7 Å². The second kappa shape index (κ2) is 5.65. The van der Waals surface area contributed by atoms with Crippen LogP contribution >= 0.6 is 0 Å². The first-order valence-electron chi connectivity index (χ1n) is 6.79. The van der Waals surface area contributed by atoms with Crippen molar-refractivity contribution in [3.8, 4) is 0 Å². The standard InChI is InChI=1S/C13H26N2O2/c1-11-7-17-12(2)6-15(11)9-13(8-14)4-3-5-16-10-13/h11-12H,3-10,14H2,1-2H3. The van der Waals surface area contributed by atoms with Gasteiger partial charge >= 0.3 is 0 Å². The molecule has 4 heteroatoms. The molecule has 0 spiro atoms. The van der Waals surface area contributed by atoms with Crippen molar-refractivity contribution in [2.45, 2.75) is 38.8 Å². The van der Waals surface area contributed by atoms with Gasteiger partial charge in [-0.15, -0.1) is 0 Å². The molecule has 100 valence electrons. The van der Waals surface area contributed by atoms with Crippen LogP contribution in [0.5, 0.6) is 0 Å². The predicted molar refractivity (Wildman–Crippen MR) is 68.0 cm³/mol. The Bertz CT molecular complexity index is 242. The molecule has 17 heavy (non-hydrogen) atoms. The van der Waals surface area contributed by atoms with Gasteiger partial charge in [0.1, 0.15) is 0 Å². The first-order chi connectivity index (χ1) is 8.15. The van der Waals surface area contributed by atoms with Crippen molar-refractivity contribution >= 4 is 0 Å². The second-order valence-electron chi connectivity index (χ2n) is 5.78. The Hall–Kier alpha value is -0.160. The highest BCUT2D eigenvalue weighted by atomic mass is 16.5. The van der Waals surface area contributed by atoms with Crippen LogP contribution in [-0.2, 0) is 9.47 Å². The van der Waals surface area contributed by atoms with E-state index in [4.69, 9.17) is 15.2 Å². The number of rotatable bonds is 3. The van der Waals surface area contributed by atoms with Crippen molar-refractivity contribution < 1.29 is 9.47 Å². The lowest BCUT2D eigenvalue weighted by atomic mass is 9.81. The lowest BCUT2D eigenvalue weighted by Gasteiger charge is -2.44. The molecule has 2 aliphatic rings. The molecule has 2 N–H and O–H groups in total. The van der Waals surface area contributed by atoms with Crippen LogP contribution in [0.25, 0.3) is 0 Å².